The first-order valence-electron chi connectivity index (χ1n) is 11.9. The lowest BCUT2D eigenvalue weighted by Gasteiger charge is -2.46. The number of carbonyl (C=O) groups excluding carboxylic acids is 2. The highest BCUT2D eigenvalue weighted by molar-refractivity contribution is 6.09. The lowest BCUT2D eigenvalue weighted by Crippen LogP contribution is -2.57. The summed E-state index contributed by atoms with van der Waals surface area (Å²) >= 11 is 0. The molecule has 176 valence electrons. The number of fused-ring (bicyclic) bond motifs is 3. The van der Waals surface area contributed by atoms with Crippen LogP contribution in [0.2, 0.25) is 0 Å². The molecule has 0 bridgehead atoms. The highest BCUT2D eigenvalue weighted by atomic mass is 19.1. The van der Waals surface area contributed by atoms with Crippen LogP contribution in [0, 0.1) is 5.41 Å². The molecule has 2 fully saturated rings. The van der Waals surface area contributed by atoms with Gasteiger partial charge < -0.3 is 14.8 Å². The molecule has 32 heavy (non-hydrogen) atoms. The summed E-state index contributed by atoms with van der Waals surface area (Å²) in [4.78, 5) is 27.9. The standard InChI is InChI=1S/C25H35FN2O4/c1-4-32-13-5-6-18-7-8-19-15-24(11-9-20(31-3)10-12-24)25(21(19)14-18)22(29)28(16-17(2)26)23(30)27-25/h7-8,14,17,20H,4-6,9-13,15-16H2,1-3H3,(H,27,30). The number of ether oxygens (including phenoxy) is 2. The third-order valence-electron chi connectivity index (χ3n) is 7.62. The molecule has 0 aromatic heterocycles. The van der Waals surface area contributed by atoms with E-state index in [4.69, 9.17) is 9.47 Å². The van der Waals surface area contributed by atoms with E-state index < -0.39 is 23.2 Å². The summed E-state index contributed by atoms with van der Waals surface area (Å²) in [6.07, 6.45) is 4.63. The van der Waals surface area contributed by atoms with Crippen molar-refractivity contribution < 1.29 is 23.5 Å². The molecular formula is C25H35FN2O4. The van der Waals surface area contributed by atoms with Gasteiger partial charge in [-0.3, -0.25) is 9.69 Å². The van der Waals surface area contributed by atoms with E-state index in [0.717, 1.165) is 66.5 Å². The van der Waals surface area contributed by atoms with Crippen molar-refractivity contribution in [2.45, 2.75) is 76.6 Å². The van der Waals surface area contributed by atoms with Crippen molar-refractivity contribution in [1.29, 1.82) is 0 Å². The van der Waals surface area contributed by atoms with Crippen molar-refractivity contribution in [2.24, 2.45) is 5.41 Å². The maximum Gasteiger partial charge on any atom is 0.325 e. The molecule has 1 N–H and O–H groups in total. The van der Waals surface area contributed by atoms with Crippen molar-refractivity contribution in [1.82, 2.24) is 10.2 Å². The quantitative estimate of drug-likeness (QED) is 0.486. The van der Waals surface area contributed by atoms with E-state index in [1.165, 1.54) is 6.92 Å². The zero-order valence-electron chi connectivity index (χ0n) is 19.4. The van der Waals surface area contributed by atoms with Crippen LogP contribution in [-0.4, -0.2) is 56.0 Å². The minimum Gasteiger partial charge on any atom is -0.382 e. The zero-order valence-corrected chi connectivity index (χ0v) is 19.4. The van der Waals surface area contributed by atoms with E-state index in [-0.39, 0.29) is 18.6 Å². The summed E-state index contributed by atoms with van der Waals surface area (Å²) in [7, 11) is 1.73. The van der Waals surface area contributed by atoms with Crippen molar-refractivity contribution in [3.63, 3.8) is 0 Å². The molecule has 1 aromatic rings. The number of aryl methyl sites for hydroxylation is 1. The highest BCUT2D eigenvalue weighted by Crippen LogP contribution is 2.60. The molecule has 1 saturated heterocycles. The van der Waals surface area contributed by atoms with Crippen LogP contribution in [0.25, 0.3) is 0 Å². The number of hydrogen-bond donors (Lipinski definition) is 1. The maximum atomic E-state index is 13.9. The Balaban J connectivity index is 1.72. The summed E-state index contributed by atoms with van der Waals surface area (Å²) in [5.74, 6) is -0.298. The van der Waals surface area contributed by atoms with Gasteiger partial charge in [0.25, 0.3) is 5.91 Å². The van der Waals surface area contributed by atoms with Gasteiger partial charge in [-0.25, -0.2) is 9.18 Å². The van der Waals surface area contributed by atoms with E-state index in [9.17, 15) is 14.0 Å². The number of urea groups is 1. The average Bonchev–Trinajstić information content (AvgIpc) is 3.18. The number of rotatable bonds is 8. The molecule has 2 aliphatic carbocycles. The molecule has 1 aromatic carbocycles. The summed E-state index contributed by atoms with van der Waals surface area (Å²) in [6, 6.07) is 5.85. The van der Waals surface area contributed by atoms with Gasteiger partial charge >= 0.3 is 6.03 Å². The number of amides is 3. The molecule has 2 spiro atoms. The largest absolute Gasteiger partial charge is 0.382 e. The molecule has 3 amide bonds. The zero-order chi connectivity index (χ0) is 22.9. The average molecular weight is 447 g/mol. The molecule has 2 unspecified atom stereocenters. The van der Waals surface area contributed by atoms with Crippen LogP contribution in [0.5, 0.6) is 0 Å². The molecule has 3 aliphatic rings. The first kappa shape index (κ1) is 23.2. The number of nitrogens with zero attached hydrogens (tertiary/aromatic N) is 1. The Morgan fingerprint density at radius 2 is 2.03 bits per heavy atom. The minimum absolute atomic E-state index is 0.171. The molecule has 2 atom stereocenters. The first-order valence-corrected chi connectivity index (χ1v) is 11.9. The smallest absolute Gasteiger partial charge is 0.325 e. The first-order chi connectivity index (χ1) is 15.4. The summed E-state index contributed by atoms with van der Waals surface area (Å²) in [5, 5.41) is 3.09. The number of carbonyl (C=O) groups is 2. The Morgan fingerprint density at radius 3 is 2.69 bits per heavy atom. The molecular weight excluding hydrogens is 411 g/mol. The van der Waals surface area contributed by atoms with Crippen molar-refractivity contribution in [3.8, 4) is 0 Å². The van der Waals surface area contributed by atoms with E-state index in [1.807, 2.05) is 6.92 Å². The SMILES string of the molecule is CCOCCCc1ccc2c(c1)C1(NC(=O)N(CC(C)F)C1=O)C1(CCC(OC)CC1)C2. The van der Waals surface area contributed by atoms with Gasteiger partial charge in [0.2, 0.25) is 0 Å². The Kier molecular flexibility index (Phi) is 6.59. The number of hydrogen-bond acceptors (Lipinski definition) is 4. The highest BCUT2D eigenvalue weighted by Gasteiger charge is 2.68. The normalized spacial score (nSPS) is 30.2. The van der Waals surface area contributed by atoms with Crippen molar-refractivity contribution in [2.75, 3.05) is 26.9 Å². The number of methoxy groups -OCH3 is 1. The molecule has 4 rings (SSSR count). The summed E-state index contributed by atoms with van der Waals surface area (Å²) < 4.78 is 24.9. The van der Waals surface area contributed by atoms with E-state index in [1.54, 1.807) is 7.11 Å². The fourth-order valence-corrected chi connectivity index (χ4v) is 6.05. The number of alkyl halides is 1. The van der Waals surface area contributed by atoms with Crippen LogP contribution in [0.1, 0.15) is 62.6 Å². The van der Waals surface area contributed by atoms with Gasteiger partial charge in [0.05, 0.1) is 12.6 Å². The molecule has 1 aliphatic heterocycles. The van der Waals surface area contributed by atoms with Gasteiger partial charge in [-0.15, -0.1) is 0 Å². The third kappa shape index (κ3) is 3.73. The fourth-order valence-electron chi connectivity index (χ4n) is 6.05. The predicted molar refractivity (Wildman–Crippen MR) is 119 cm³/mol. The van der Waals surface area contributed by atoms with Crippen molar-refractivity contribution >= 4 is 11.9 Å². The second-order valence-electron chi connectivity index (χ2n) is 9.56. The predicted octanol–water partition coefficient (Wildman–Crippen LogP) is 3.89. The van der Waals surface area contributed by atoms with Gasteiger partial charge in [-0.05, 0) is 75.5 Å². The van der Waals surface area contributed by atoms with Crippen LogP contribution in [0.3, 0.4) is 0 Å². The third-order valence-corrected chi connectivity index (χ3v) is 7.62. The van der Waals surface area contributed by atoms with Gasteiger partial charge in [-0.1, -0.05) is 18.2 Å². The maximum absolute atomic E-state index is 13.9. The Morgan fingerprint density at radius 1 is 1.28 bits per heavy atom. The number of imide groups is 1. The number of halogens is 1. The number of benzene rings is 1. The molecule has 7 heteroatoms. The van der Waals surface area contributed by atoms with E-state index in [0.29, 0.717) is 13.2 Å². The van der Waals surface area contributed by atoms with Gasteiger partial charge in [-0.2, -0.15) is 0 Å². The second-order valence-corrected chi connectivity index (χ2v) is 9.56. The van der Waals surface area contributed by atoms with Crippen LogP contribution in [0.4, 0.5) is 9.18 Å². The molecule has 6 nitrogen and oxygen atoms in total. The lowest BCUT2D eigenvalue weighted by atomic mass is 9.61. The number of nitrogens with one attached hydrogen (secondary N) is 1. The molecule has 1 saturated carbocycles. The Bertz CT molecular complexity index is 865. The van der Waals surface area contributed by atoms with Gasteiger partial charge in [0.15, 0.2) is 5.54 Å². The summed E-state index contributed by atoms with van der Waals surface area (Å²) in [6.45, 7) is 4.53. The van der Waals surface area contributed by atoms with Crippen molar-refractivity contribution in [3.05, 3.63) is 34.9 Å². The minimum atomic E-state index is -1.27. The Hall–Kier alpha value is -1.99. The fraction of sp³-hybridized carbons (Fsp3) is 0.680. The van der Waals surface area contributed by atoms with E-state index >= 15 is 0 Å². The van der Waals surface area contributed by atoms with Crippen LogP contribution >= 0.6 is 0 Å². The molecule has 0 radical (unpaired) electrons. The Labute approximate surface area is 189 Å². The second kappa shape index (κ2) is 9.10. The van der Waals surface area contributed by atoms with Gasteiger partial charge in [0.1, 0.15) is 6.17 Å². The topological polar surface area (TPSA) is 67.9 Å². The van der Waals surface area contributed by atoms with Gasteiger partial charge in [0, 0.05) is 25.7 Å². The van der Waals surface area contributed by atoms with E-state index in [2.05, 4.69) is 23.5 Å². The van der Waals surface area contributed by atoms with Crippen LogP contribution < -0.4 is 5.32 Å². The summed E-state index contributed by atoms with van der Waals surface area (Å²) in [5.41, 5.74) is 1.61. The monoisotopic (exact) mass is 446 g/mol. The lowest BCUT2D eigenvalue weighted by molar-refractivity contribution is -0.139. The van der Waals surface area contributed by atoms with Crippen LogP contribution in [-0.2, 0) is 32.6 Å². The molecule has 1 heterocycles. The van der Waals surface area contributed by atoms with Crippen LogP contribution in [0.15, 0.2) is 18.2 Å².